The normalized spacial score (nSPS) is 14.0. The quantitative estimate of drug-likeness (QED) is 0.815. The molecule has 118 valence electrons. The first-order valence-corrected chi connectivity index (χ1v) is 8.28. The molecule has 1 aromatic carbocycles. The van der Waals surface area contributed by atoms with Crippen molar-refractivity contribution in [3.63, 3.8) is 0 Å². The average Bonchev–Trinajstić information content (AvgIpc) is 2.56. The number of aliphatic hydroxyl groups is 1. The first kappa shape index (κ1) is 16.7. The monoisotopic (exact) mass is 297 g/mol. The van der Waals surface area contributed by atoms with Crippen molar-refractivity contribution >= 4 is 0 Å². The second kappa shape index (κ2) is 7.55. The van der Waals surface area contributed by atoms with Gasteiger partial charge >= 0.3 is 0 Å². The third-order valence-corrected chi connectivity index (χ3v) is 4.51. The molecule has 22 heavy (non-hydrogen) atoms. The summed E-state index contributed by atoms with van der Waals surface area (Å²) in [5.74, 6) is 0.185. The van der Waals surface area contributed by atoms with Gasteiger partial charge in [-0.1, -0.05) is 57.2 Å². The summed E-state index contributed by atoms with van der Waals surface area (Å²) >= 11 is 0. The molecule has 0 radical (unpaired) electrons. The van der Waals surface area contributed by atoms with Crippen molar-refractivity contribution in [1.82, 2.24) is 4.98 Å². The van der Waals surface area contributed by atoms with Gasteiger partial charge in [0.1, 0.15) is 0 Å². The summed E-state index contributed by atoms with van der Waals surface area (Å²) in [6.45, 7) is 6.31. The highest BCUT2D eigenvalue weighted by atomic mass is 16.3. The van der Waals surface area contributed by atoms with Crippen LogP contribution in [0.4, 0.5) is 0 Å². The van der Waals surface area contributed by atoms with E-state index >= 15 is 0 Å². The average molecular weight is 297 g/mol. The van der Waals surface area contributed by atoms with Gasteiger partial charge in [-0.05, 0) is 48.8 Å². The molecule has 1 aromatic heterocycles. The molecule has 0 bridgehead atoms. The van der Waals surface area contributed by atoms with Gasteiger partial charge in [-0.3, -0.25) is 4.98 Å². The predicted octanol–water partition coefficient (Wildman–Crippen LogP) is 4.51. The number of hydrogen-bond donors (Lipinski definition) is 1. The molecule has 1 atom stereocenters. The van der Waals surface area contributed by atoms with E-state index in [2.05, 4.69) is 37.9 Å². The van der Waals surface area contributed by atoms with Crippen LogP contribution in [0.2, 0.25) is 0 Å². The van der Waals surface area contributed by atoms with Crippen LogP contribution in [0, 0.1) is 5.92 Å². The number of aryl methyl sites for hydroxylation is 2. The summed E-state index contributed by atoms with van der Waals surface area (Å²) in [7, 11) is 0. The molecule has 0 aliphatic rings. The van der Waals surface area contributed by atoms with E-state index in [-0.39, 0.29) is 5.92 Å². The summed E-state index contributed by atoms with van der Waals surface area (Å²) < 4.78 is 0. The summed E-state index contributed by atoms with van der Waals surface area (Å²) in [5.41, 5.74) is 2.63. The Balaban J connectivity index is 2.00. The fourth-order valence-corrected chi connectivity index (χ4v) is 2.84. The van der Waals surface area contributed by atoms with Gasteiger partial charge in [0, 0.05) is 11.9 Å². The Bertz CT molecular complexity index is 562. The van der Waals surface area contributed by atoms with Gasteiger partial charge in [0.05, 0.1) is 5.60 Å². The van der Waals surface area contributed by atoms with Crippen molar-refractivity contribution in [3.8, 4) is 0 Å². The highest BCUT2D eigenvalue weighted by Gasteiger charge is 2.32. The van der Waals surface area contributed by atoms with Gasteiger partial charge in [0.25, 0.3) is 0 Å². The Labute approximate surface area is 134 Å². The minimum atomic E-state index is -0.759. The molecule has 2 heteroatoms. The summed E-state index contributed by atoms with van der Waals surface area (Å²) in [5, 5.41) is 11.1. The van der Waals surface area contributed by atoms with E-state index in [1.807, 2.05) is 36.5 Å². The summed E-state index contributed by atoms with van der Waals surface area (Å²) in [6, 6.07) is 14.3. The van der Waals surface area contributed by atoms with Gasteiger partial charge in [-0.2, -0.15) is 0 Å². The zero-order valence-corrected chi connectivity index (χ0v) is 13.9. The molecular weight excluding hydrogens is 270 g/mol. The molecule has 1 heterocycles. The van der Waals surface area contributed by atoms with Crippen molar-refractivity contribution in [1.29, 1.82) is 0 Å². The maximum atomic E-state index is 11.1. The van der Waals surface area contributed by atoms with Crippen LogP contribution in [0.3, 0.4) is 0 Å². The van der Waals surface area contributed by atoms with Crippen LogP contribution in [0.15, 0.2) is 48.7 Å². The Hall–Kier alpha value is -1.67. The molecule has 0 unspecified atom stereocenters. The third kappa shape index (κ3) is 3.95. The SMILES string of the molecule is CCc1ccc(CCC[C@](O)(c2ccccc2)C(C)C)nc1. The lowest BCUT2D eigenvalue weighted by Gasteiger charge is -2.33. The van der Waals surface area contributed by atoms with E-state index in [0.717, 1.165) is 36.9 Å². The lowest BCUT2D eigenvalue weighted by atomic mass is 9.79. The zero-order valence-electron chi connectivity index (χ0n) is 13.9. The number of hydrogen-bond acceptors (Lipinski definition) is 2. The molecule has 2 rings (SSSR count). The van der Waals surface area contributed by atoms with Crippen LogP contribution in [-0.4, -0.2) is 10.1 Å². The Morgan fingerprint density at radius 3 is 2.36 bits per heavy atom. The first-order chi connectivity index (χ1) is 10.6. The van der Waals surface area contributed by atoms with Gasteiger partial charge in [0.15, 0.2) is 0 Å². The molecule has 0 fully saturated rings. The van der Waals surface area contributed by atoms with Crippen molar-refractivity contribution in [2.45, 2.75) is 52.1 Å². The molecule has 0 spiro atoms. The molecule has 2 nitrogen and oxygen atoms in total. The largest absolute Gasteiger partial charge is 0.385 e. The van der Waals surface area contributed by atoms with Gasteiger partial charge < -0.3 is 5.11 Å². The second-order valence-corrected chi connectivity index (χ2v) is 6.31. The van der Waals surface area contributed by atoms with E-state index in [1.54, 1.807) is 0 Å². The van der Waals surface area contributed by atoms with Crippen molar-refractivity contribution in [2.75, 3.05) is 0 Å². The lowest BCUT2D eigenvalue weighted by molar-refractivity contribution is -0.0202. The minimum Gasteiger partial charge on any atom is -0.385 e. The lowest BCUT2D eigenvalue weighted by Crippen LogP contribution is -2.32. The maximum Gasteiger partial charge on any atom is 0.0919 e. The Morgan fingerprint density at radius 2 is 1.82 bits per heavy atom. The number of aromatic nitrogens is 1. The van der Waals surface area contributed by atoms with Crippen LogP contribution in [0.1, 0.15) is 50.4 Å². The van der Waals surface area contributed by atoms with E-state index in [9.17, 15) is 5.11 Å². The molecule has 0 saturated heterocycles. The van der Waals surface area contributed by atoms with Gasteiger partial charge in [-0.15, -0.1) is 0 Å². The highest BCUT2D eigenvalue weighted by Crippen LogP contribution is 2.34. The highest BCUT2D eigenvalue weighted by molar-refractivity contribution is 5.23. The van der Waals surface area contributed by atoms with Gasteiger partial charge in [-0.25, -0.2) is 0 Å². The Kier molecular flexibility index (Phi) is 5.73. The van der Waals surface area contributed by atoms with Crippen molar-refractivity contribution in [3.05, 3.63) is 65.5 Å². The van der Waals surface area contributed by atoms with Crippen LogP contribution in [0.25, 0.3) is 0 Å². The third-order valence-electron chi connectivity index (χ3n) is 4.51. The predicted molar refractivity (Wildman–Crippen MR) is 91.7 cm³/mol. The fourth-order valence-electron chi connectivity index (χ4n) is 2.84. The van der Waals surface area contributed by atoms with E-state index in [4.69, 9.17) is 0 Å². The molecule has 1 N–H and O–H groups in total. The van der Waals surface area contributed by atoms with E-state index in [0.29, 0.717) is 0 Å². The molecule has 0 aliphatic carbocycles. The molecule has 2 aromatic rings. The smallest absolute Gasteiger partial charge is 0.0919 e. The van der Waals surface area contributed by atoms with E-state index < -0.39 is 5.60 Å². The van der Waals surface area contributed by atoms with Crippen LogP contribution >= 0.6 is 0 Å². The summed E-state index contributed by atoms with van der Waals surface area (Å²) in [6.07, 6.45) is 5.58. The van der Waals surface area contributed by atoms with Crippen molar-refractivity contribution in [2.24, 2.45) is 5.92 Å². The Morgan fingerprint density at radius 1 is 1.09 bits per heavy atom. The molecule has 0 saturated carbocycles. The topological polar surface area (TPSA) is 33.1 Å². The molecular formula is C20H27NO. The number of benzene rings is 1. The van der Waals surface area contributed by atoms with Gasteiger partial charge in [0.2, 0.25) is 0 Å². The second-order valence-electron chi connectivity index (χ2n) is 6.31. The van der Waals surface area contributed by atoms with Crippen LogP contribution in [0.5, 0.6) is 0 Å². The molecule has 0 amide bonds. The number of rotatable bonds is 7. The summed E-state index contributed by atoms with van der Waals surface area (Å²) in [4.78, 5) is 4.51. The van der Waals surface area contributed by atoms with Crippen LogP contribution < -0.4 is 0 Å². The van der Waals surface area contributed by atoms with Crippen molar-refractivity contribution < 1.29 is 5.11 Å². The first-order valence-electron chi connectivity index (χ1n) is 8.28. The number of nitrogens with zero attached hydrogens (tertiary/aromatic N) is 1. The molecule has 0 aliphatic heterocycles. The minimum absolute atomic E-state index is 0.185. The van der Waals surface area contributed by atoms with Crippen LogP contribution in [-0.2, 0) is 18.4 Å². The van der Waals surface area contributed by atoms with E-state index in [1.165, 1.54) is 5.56 Å². The standard InChI is InChI=1S/C20H27NO/c1-4-17-12-13-19(21-15-17)11-8-14-20(22,16(2)3)18-9-6-5-7-10-18/h5-7,9-10,12-13,15-16,22H,4,8,11,14H2,1-3H3/t20-/m1/s1. The maximum absolute atomic E-state index is 11.1. The zero-order chi connectivity index (χ0) is 16.0. The number of pyridine rings is 1. The fraction of sp³-hybridized carbons (Fsp3) is 0.450.